The molecule has 1 N–H and O–H groups in total. The lowest BCUT2D eigenvalue weighted by molar-refractivity contribution is 0.306. The number of benzene rings is 3. The topological polar surface area (TPSA) is 21.3 Å². The molecule has 3 aromatic carbocycles. The predicted molar refractivity (Wildman–Crippen MR) is 104 cm³/mol. The second-order valence-corrected chi connectivity index (χ2v) is 6.51. The molecule has 0 amide bonds. The lowest BCUT2D eigenvalue weighted by Gasteiger charge is -2.15. The predicted octanol–water partition coefficient (Wildman–Crippen LogP) is 5.77. The van der Waals surface area contributed by atoms with Crippen molar-refractivity contribution < 1.29 is 4.74 Å². The first-order valence-corrected chi connectivity index (χ1v) is 8.83. The van der Waals surface area contributed by atoms with Crippen LogP contribution in [0.25, 0.3) is 0 Å². The molecule has 0 saturated heterocycles. The van der Waals surface area contributed by atoms with Gasteiger partial charge in [-0.25, -0.2) is 0 Å². The summed E-state index contributed by atoms with van der Waals surface area (Å²) in [5.41, 5.74) is 3.60. The minimum Gasteiger partial charge on any atom is -0.489 e. The number of halogens is 1. The average Bonchev–Trinajstić information content (AvgIpc) is 2.67. The van der Waals surface area contributed by atoms with Gasteiger partial charge < -0.3 is 10.1 Å². The Morgan fingerprint density at radius 1 is 0.880 bits per heavy atom. The summed E-state index contributed by atoms with van der Waals surface area (Å²) < 4.78 is 5.89. The Morgan fingerprint density at radius 2 is 1.64 bits per heavy atom. The van der Waals surface area contributed by atoms with Crippen LogP contribution in [0.5, 0.6) is 5.75 Å². The molecule has 25 heavy (non-hydrogen) atoms. The minimum atomic E-state index is 0.305. The smallest absolute Gasteiger partial charge is 0.120 e. The third-order valence-corrected chi connectivity index (χ3v) is 4.38. The van der Waals surface area contributed by atoms with E-state index in [1.807, 2.05) is 42.5 Å². The van der Waals surface area contributed by atoms with Gasteiger partial charge in [-0.2, -0.15) is 0 Å². The van der Waals surface area contributed by atoms with E-state index in [9.17, 15) is 0 Å². The van der Waals surface area contributed by atoms with Crippen LogP contribution < -0.4 is 10.1 Å². The SMILES string of the molecule is C[C@@H](NCc1cccc(OCc2ccc(Cl)cc2)c1)c1ccccc1. The van der Waals surface area contributed by atoms with Crippen molar-refractivity contribution in [2.24, 2.45) is 0 Å². The van der Waals surface area contributed by atoms with Gasteiger partial charge in [-0.05, 0) is 47.9 Å². The molecule has 0 saturated carbocycles. The average molecular weight is 352 g/mol. The molecule has 0 aliphatic carbocycles. The van der Waals surface area contributed by atoms with E-state index in [4.69, 9.17) is 16.3 Å². The fourth-order valence-electron chi connectivity index (χ4n) is 2.62. The van der Waals surface area contributed by atoms with Crippen LogP contribution >= 0.6 is 11.6 Å². The van der Waals surface area contributed by atoms with Crippen LogP contribution in [0.15, 0.2) is 78.9 Å². The van der Waals surface area contributed by atoms with E-state index in [1.165, 1.54) is 11.1 Å². The maximum Gasteiger partial charge on any atom is 0.120 e. The first kappa shape index (κ1) is 17.5. The standard InChI is InChI=1S/C22H22ClNO/c1-17(20-7-3-2-4-8-20)24-15-19-6-5-9-22(14-19)25-16-18-10-12-21(23)13-11-18/h2-14,17,24H,15-16H2,1H3/t17-/m1/s1. The van der Waals surface area contributed by atoms with Crippen molar-refractivity contribution in [2.75, 3.05) is 0 Å². The quantitative estimate of drug-likeness (QED) is 0.583. The van der Waals surface area contributed by atoms with E-state index in [0.29, 0.717) is 12.6 Å². The molecule has 0 radical (unpaired) electrons. The Kier molecular flexibility index (Phi) is 6.10. The van der Waals surface area contributed by atoms with E-state index in [1.54, 1.807) is 0 Å². The third-order valence-electron chi connectivity index (χ3n) is 4.13. The maximum absolute atomic E-state index is 5.91. The van der Waals surface area contributed by atoms with Gasteiger partial charge in [-0.3, -0.25) is 0 Å². The second kappa shape index (κ2) is 8.70. The Morgan fingerprint density at radius 3 is 2.40 bits per heavy atom. The van der Waals surface area contributed by atoms with E-state index in [2.05, 4.69) is 48.6 Å². The highest BCUT2D eigenvalue weighted by Crippen LogP contribution is 2.18. The highest BCUT2D eigenvalue weighted by Gasteiger charge is 2.04. The molecule has 0 heterocycles. The van der Waals surface area contributed by atoms with Crippen LogP contribution in [-0.2, 0) is 13.2 Å². The normalized spacial score (nSPS) is 11.9. The molecule has 0 aromatic heterocycles. The van der Waals surface area contributed by atoms with E-state index >= 15 is 0 Å². The molecule has 2 nitrogen and oxygen atoms in total. The molecular formula is C22H22ClNO. The molecule has 0 spiro atoms. The highest BCUT2D eigenvalue weighted by molar-refractivity contribution is 6.30. The van der Waals surface area contributed by atoms with Crippen molar-refractivity contribution in [3.05, 3.63) is 101 Å². The fraction of sp³-hybridized carbons (Fsp3) is 0.182. The molecule has 3 aromatic rings. The molecule has 0 aliphatic heterocycles. The van der Waals surface area contributed by atoms with E-state index < -0.39 is 0 Å². The number of rotatable bonds is 7. The molecule has 3 heteroatoms. The zero-order valence-corrected chi connectivity index (χ0v) is 15.0. The van der Waals surface area contributed by atoms with Crippen LogP contribution in [0.1, 0.15) is 29.7 Å². The van der Waals surface area contributed by atoms with Crippen molar-refractivity contribution in [1.82, 2.24) is 5.32 Å². The Hall–Kier alpha value is -2.29. The lowest BCUT2D eigenvalue weighted by atomic mass is 10.1. The molecule has 0 bridgehead atoms. The van der Waals surface area contributed by atoms with Crippen molar-refractivity contribution in [1.29, 1.82) is 0 Å². The van der Waals surface area contributed by atoms with Crippen molar-refractivity contribution in [3.63, 3.8) is 0 Å². The molecule has 1 atom stereocenters. The number of ether oxygens (including phenoxy) is 1. The zero-order chi connectivity index (χ0) is 17.5. The lowest BCUT2D eigenvalue weighted by Crippen LogP contribution is -2.17. The summed E-state index contributed by atoms with van der Waals surface area (Å²) >= 11 is 5.91. The molecular weight excluding hydrogens is 330 g/mol. The molecule has 0 fully saturated rings. The van der Waals surface area contributed by atoms with Crippen molar-refractivity contribution in [3.8, 4) is 5.75 Å². The summed E-state index contributed by atoms with van der Waals surface area (Å²) in [6, 6.07) is 26.7. The highest BCUT2D eigenvalue weighted by atomic mass is 35.5. The summed E-state index contributed by atoms with van der Waals surface area (Å²) in [5, 5.41) is 4.29. The Bertz CT molecular complexity index is 787. The zero-order valence-electron chi connectivity index (χ0n) is 14.3. The Balaban J connectivity index is 1.55. The number of nitrogens with one attached hydrogen (secondary N) is 1. The second-order valence-electron chi connectivity index (χ2n) is 6.08. The van der Waals surface area contributed by atoms with Crippen LogP contribution in [0.4, 0.5) is 0 Å². The van der Waals surface area contributed by atoms with Crippen molar-refractivity contribution in [2.45, 2.75) is 26.1 Å². The number of hydrogen-bond acceptors (Lipinski definition) is 2. The molecule has 0 unspecified atom stereocenters. The van der Waals surface area contributed by atoms with E-state index in [0.717, 1.165) is 22.9 Å². The van der Waals surface area contributed by atoms with E-state index in [-0.39, 0.29) is 0 Å². The summed E-state index contributed by atoms with van der Waals surface area (Å²) in [7, 11) is 0. The van der Waals surface area contributed by atoms with Gasteiger partial charge in [0, 0.05) is 17.6 Å². The summed E-state index contributed by atoms with van der Waals surface area (Å²) in [4.78, 5) is 0. The first-order chi connectivity index (χ1) is 12.2. The van der Waals surface area contributed by atoms with Crippen LogP contribution in [0.2, 0.25) is 5.02 Å². The van der Waals surface area contributed by atoms with Gasteiger partial charge in [0.05, 0.1) is 0 Å². The molecule has 0 aliphatic rings. The summed E-state index contributed by atoms with van der Waals surface area (Å²) in [5.74, 6) is 0.876. The first-order valence-electron chi connectivity index (χ1n) is 8.45. The van der Waals surface area contributed by atoms with Crippen LogP contribution in [0, 0.1) is 0 Å². The van der Waals surface area contributed by atoms with Gasteiger partial charge in [0.25, 0.3) is 0 Å². The van der Waals surface area contributed by atoms with Gasteiger partial charge in [0.2, 0.25) is 0 Å². The largest absolute Gasteiger partial charge is 0.489 e. The third kappa shape index (κ3) is 5.35. The summed E-state index contributed by atoms with van der Waals surface area (Å²) in [6.07, 6.45) is 0. The van der Waals surface area contributed by atoms with Gasteiger partial charge in [0.15, 0.2) is 0 Å². The van der Waals surface area contributed by atoms with Gasteiger partial charge in [-0.1, -0.05) is 66.2 Å². The fourth-order valence-corrected chi connectivity index (χ4v) is 2.75. The van der Waals surface area contributed by atoms with Gasteiger partial charge in [-0.15, -0.1) is 0 Å². The minimum absolute atomic E-state index is 0.305. The monoisotopic (exact) mass is 351 g/mol. The van der Waals surface area contributed by atoms with Crippen LogP contribution in [0.3, 0.4) is 0 Å². The maximum atomic E-state index is 5.91. The summed E-state index contributed by atoms with van der Waals surface area (Å²) in [6.45, 7) is 3.51. The Labute approximate surface area is 154 Å². The molecule has 3 rings (SSSR count). The van der Waals surface area contributed by atoms with Gasteiger partial charge >= 0.3 is 0 Å². The van der Waals surface area contributed by atoms with Gasteiger partial charge in [0.1, 0.15) is 12.4 Å². The van der Waals surface area contributed by atoms with Crippen molar-refractivity contribution >= 4 is 11.6 Å². The molecule has 128 valence electrons. The number of hydrogen-bond donors (Lipinski definition) is 1. The van der Waals surface area contributed by atoms with Crippen LogP contribution in [-0.4, -0.2) is 0 Å².